The van der Waals surface area contributed by atoms with Crippen molar-refractivity contribution in [3.05, 3.63) is 59.7 Å². The molecule has 0 saturated carbocycles. The average molecular weight is 306 g/mol. The summed E-state index contributed by atoms with van der Waals surface area (Å²) in [5.41, 5.74) is 4.78. The molecular formula is C19H18N2O2. The van der Waals surface area contributed by atoms with Crippen LogP contribution in [0, 0.1) is 0 Å². The minimum atomic E-state index is -0.0389. The van der Waals surface area contributed by atoms with Crippen LogP contribution < -0.4 is 10.2 Å². The Balaban J connectivity index is 1.67. The van der Waals surface area contributed by atoms with Crippen LogP contribution in [0.1, 0.15) is 11.1 Å². The SMILES string of the molecule is O=C1Nc2ccccc2/C1=C\c1cccc(N2CCOCC2)c1. The zero-order chi connectivity index (χ0) is 15.6. The van der Waals surface area contributed by atoms with Gasteiger partial charge in [0.2, 0.25) is 0 Å². The monoisotopic (exact) mass is 306 g/mol. The molecule has 0 aromatic heterocycles. The van der Waals surface area contributed by atoms with E-state index in [0.717, 1.165) is 48.7 Å². The van der Waals surface area contributed by atoms with Gasteiger partial charge in [-0.1, -0.05) is 30.3 Å². The molecule has 2 aliphatic rings. The third-order valence-corrected chi connectivity index (χ3v) is 4.27. The summed E-state index contributed by atoms with van der Waals surface area (Å²) >= 11 is 0. The molecule has 0 bridgehead atoms. The zero-order valence-corrected chi connectivity index (χ0v) is 12.8. The number of nitrogens with one attached hydrogen (secondary N) is 1. The van der Waals surface area contributed by atoms with Gasteiger partial charge in [-0.05, 0) is 29.8 Å². The molecule has 116 valence electrons. The highest BCUT2D eigenvalue weighted by molar-refractivity contribution is 6.34. The predicted octanol–water partition coefficient (Wildman–Crippen LogP) is 3.02. The Hall–Kier alpha value is -2.59. The maximum Gasteiger partial charge on any atom is 0.256 e. The second-order valence-corrected chi connectivity index (χ2v) is 5.75. The van der Waals surface area contributed by atoms with Crippen LogP contribution in [0.25, 0.3) is 11.6 Å². The second kappa shape index (κ2) is 5.89. The van der Waals surface area contributed by atoms with E-state index in [4.69, 9.17) is 4.74 Å². The van der Waals surface area contributed by atoms with Crippen LogP contribution in [0.3, 0.4) is 0 Å². The molecule has 1 N–H and O–H groups in total. The first kappa shape index (κ1) is 14.0. The number of nitrogens with zero attached hydrogens (tertiary/aromatic N) is 1. The highest BCUT2D eigenvalue weighted by Crippen LogP contribution is 2.33. The van der Waals surface area contributed by atoms with Crippen LogP contribution >= 0.6 is 0 Å². The van der Waals surface area contributed by atoms with Crippen LogP contribution in [0.2, 0.25) is 0 Å². The number of fused-ring (bicyclic) bond motifs is 1. The molecule has 0 radical (unpaired) electrons. The number of para-hydroxylation sites is 1. The Kier molecular flexibility index (Phi) is 3.60. The first-order chi connectivity index (χ1) is 11.3. The number of anilines is 2. The van der Waals surface area contributed by atoms with Crippen molar-refractivity contribution >= 4 is 28.9 Å². The molecule has 2 aliphatic heterocycles. The Morgan fingerprint density at radius 2 is 1.87 bits per heavy atom. The number of carbonyl (C=O) groups excluding carboxylic acids is 1. The molecule has 4 rings (SSSR count). The summed E-state index contributed by atoms with van der Waals surface area (Å²) in [6.45, 7) is 3.34. The van der Waals surface area contributed by atoms with E-state index in [0.29, 0.717) is 0 Å². The van der Waals surface area contributed by atoms with Crippen molar-refractivity contribution in [2.75, 3.05) is 36.5 Å². The summed E-state index contributed by atoms with van der Waals surface area (Å²) in [5, 5.41) is 2.91. The number of carbonyl (C=O) groups is 1. The fourth-order valence-corrected chi connectivity index (χ4v) is 3.08. The van der Waals surface area contributed by atoms with Gasteiger partial charge in [0.05, 0.1) is 13.2 Å². The van der Waals surface area contributed by atoms with Crippen LogP contribution in [0.5, 0.6) is 0 Å². The van der Waals surface area contributed by atoms with Gasteiger partial charge in [-0.2, -0.15) is 0 Å². The summed E-state index contributed by atoms with van der Waals surface area (Å²) in [5.74, 6) is -0.0389. The first-order valence-electron chi connectivity index (χ1n) is 7.86. The number of hydrogen-bond donors (Lipinski definition) is 1. The highest BCUT2D eigenvalue weighted by atomic mass is 16.5. The van der Waals surface area contributed by atoms with Crippen molar-refractivity contribution < 1.29 is 9.53 Å². The highest BCUT2D eigenvalue weighted by Gasteiger charge is 2.23. The van der Waals surface area contributed by atoms with Crippen LogP contribution in [-0.2, 0) is 9.53 Å². The predicted molar refractivity (Wildman–Crippen MR) is 92.4 cm³/mol. The van der Waals surface area contributed by atoms with Gasteiger partial charge < -0.3 is 15.0 Å². The quantitative estimate of drug-likeness (QED) is 0.867. The number of hydrogen-bond acceptors (Lipinski definition) is 3. The van der Waals surface area contributed by atoms with E-state index in [9.17, 15) is 4.79 Å². The van der Waals surface area contributed by atoms with E-state index in [2.05, 4.69) is 22.3 Å². The number of rotatable bonds is 2. The van der Waals surface area contributed by atoms with E-state index in [1.54, 1.807) is 0 Å². The van der Waals surface area contributed by atoms with Crippen molar-refractivity contribution in [3.63, 3.8) is 0 Å². The summed E-state index contributed by atoms with van der Waals surface area (Å²) in [6, 6.07) is 16.1. The van der Waals surface area contributed by atoms with Gasteiger partial charge >= 0.3 is 0 Å². The molecule has 0 spiro atoms. The van der Waals surface area contributed by atoms with Gasteiger partial charge in [-0.15, -0.1) is 0 Å². The van der Waals surface area contributed by atoms with Crippen molar-refractivity contribution in [3.8, 4) is 0 Å². The normalized spacial score (nSPS) is 18.9. The van der Waals surface area contributed by atoms with Crippen LogP contribution in [-0.4, -0.2) is 32.2 Å². The van der Waals surface area contributed by atoms with Crippen molar-refractivity contribution in [2.24, 2.45) is 0 Å². The molecule has 23 heavy (non-hydrogen) atoms. The van der Waals surface area contributed by atoms with E-state index >= 15 is 0 Å². The van der Waals surface area contributed by atoms with Gasteiger partial charge in [0.25, 0.3) is 5.91 Å². The molecule has 0 atom stereocenters. The maximum atomic E-state index is 12.2. The molecule has 2 aromatic carbocycles. The fraction of sp³-hybridized carbons (Fsp3) is 0.211. The minimum absolute atomic E-state index is 0.0389. The molecule has 4 heteroatoms. The Morgan fingerprint density at radius 3 is 2.74 bits per heavy atom. The lowest BCUT2D eigenvalue weighted by molar-refractivity contribution is -0.110. The smallest absolute Gasteiger partial charge is 0.256 e. The molecular weight excluding hydrogens is 288 g/mol. The van der Waals surface area contributed by atoms with Gasteiger partial charge in [0, 0.05) is 35.6 Å². The third kappa shape index (κ3) is 2.73. The standard InChI is InChI=1S/C19H18N2O2/c22-19-17(16-6-1-2-7-18(16)20-19)13-14-4-3-5-15(12-14)21-8-10-23-11-9-21/h1-7,12-13H,8-11H2,(H,20,22)/b17-13+. The van der Waals surface area contributed by atoms with Crippen molar-refractivity contribution in [2.45, 2.75) is 0 Å². The van der Waals surface area contributed by atoms with Gasteiger partial charge in [0.15, 0.2) is 0 Å². The second-order valence-electron chi connectivity index (χ2n) is 5.75. The Bertz CT molecular complexity index is 776. The molecule has 1 amide bonds. The molecule has 2 heterocycles. The average Bonchev–Trinajstić information content (AvgIpc) is 2.92. The third-order valence-electron chi connectivity index (χ3n) is 4.27. The van der Waals surface area contributed by atoms with E-state index in [1.165, 1.54) is 5.69 Å². The number of ether oxygens (including phenoxy) is 1. The van der Waals surface area contributed by atoms with E-state index in [-0.39, 0.29) is 5.91 Å². The minimum Gasteiger partial charge on any atom is -0.378 e. The molecule has 2 aromatic rings. The largest absolute Gasteiger partial charge is 0.378 e. The van der Waals surface area contributed by atoms with Crippen molar-refractivity contribution in [1.29, 1.82) is 0 Å². The first-order valence-corrected chi connectivity index (χ1v) is 7.86. The van der Waals surface area contributed by atoms with E-state index < -0.39 is 0 Å². The lowest BCUT2D eigenvalue weighted by Gasteiger charge is -2.29. The van der Waals surface area contributed by atoms with Gasteiger partial charge in [0.1, 0.15) is 0 Å². The molecule has 0 unspecified atom stereocenters. The Morgan fingerprint density at radius 1 is 1.04 bits per heavy atom. The summed E-state index contributed by atoms with van der Waals surface area (Å²) in [4.78, 5) is 14.5. The fourth-order valence-electron chi connectivity index (χ4n) is 3.08. The number of benzene rings is 2. The molecule has 1 fully saturated rings. The summed E-state index contributed by atoms with van der Waals surface area (Å²) in [6.07, 6.45) is 1.96. The number of amides is 1. The maximum absolute atomic E-state index is 12.2. The van der Waals surface area contributed by atoms with Gasteiger partial charge in [-0.3, -0.25) is 4.79 Å². The van der Waals surface area contributed by atoms with E-state index in [1.807, 2.05) is 42.5 Å². The summed E-state index contributed by atoms with van der Waals surface area (Å²) < 4.78 is 5.41. The lowest BCUT2D eigenvalue weighted by atomic mass is 10.0. The molecule has 4 nitrogen and oxygen atoms in total. The van der Waals surface area contributed by atoms with Gasteiger partial charge in [-0.25, -0.2) is 0 Å². The zero-order valence-electron chi connectivity index (χ0n) is 12.8. The topological polar surface area (TPSA) is 41.6 Å². The van der Waals surface area contributed by atoms with Crippen LogP contribution in [0.15, 0.2) is 48.5 Å². The molecule has 1 saturated heterocycles. The molecule has 0 aliphatic carbocycles. The van der Waals surface area contributed by atoms with Crippen LogP contribution in [0.4, 0.5) is 11.4 Å². The Labute approximate surface area is 135 Å². The van der Waals surface area contributed by atoms with Crippen molar-refractivity contribution in [1.82, 2.24) is 0 Å². The summed E-state index contributed by atoms with van der Waals surface area (Å²) in [7, 11) is 0. The lowest BCUT2D eigenvalue weighted by Crippen LogP contribution is -2.36. The number of morpholine rings is 1.